The SMILES string of the molecule is CCOc1ccncc1S(=O)(=O)N[C@H](C(=O)O)[C@@H](C)CC. The molecule has 1 rings (SSSR count). The number of nitrogens with zero attached hydrogens (tertiary/aromatic N) is 1. The minimum atomic E-state index is -4.03. The van der Waals surface area contributed by atoms with E-state index in [-0.39, 0.29) is 16.6 Å². The lowest BCUT2D eigenvalue weighted by Crippen LogP contribution is -2.45. The van der Waals surface area contributed by atoms with Crippen LogP contribution in [-0.4, -0.2) is 37.1 Å². The van der Waals surface area contributed by atoms with Crippen molar-refractivity contribution in [2.24, 2.45) is 5.92 Å². The first kappa shape index (κ1) is 17.4. The van der Waals surface area contributed by atoms with Gasteiger partial charge in [-0.1, -0.05) is 20.3 Å². The van der Waals surface area contributed by atoms with Crippen molar-refractivity contribution >= 4 is 16.0 Å². The van der Waals surface area contributed by atoms with Crippen LogP contribution < -0.4 is 9.46 Å². The van der Waals surface area contributed by atoms with Crippen molar-refractivity contribution in [3.63, 3.8) is 0 Å². The molecule has 7 nitrogen and oxygen atoms in total. The Labute approximate surface area is 124 Å². The van der Waals surface area contributed by atoms with Crippen LogP contribution in [-0.2, 0) is 14.8 Å². The van der Waals surface area contributed by atoms with E-state index in [0.717, 1.165) is 6.20 Å². The van der Waals surface area contributed by atoms with E-state index in [0.29, 0.717) is 13.0 Å². The predicted octanol–water partition coefficient (Wildman–Crippen LogP) is 1.26. The molecule has 0 saturated carbocycles. The highest BCUT2D eigenvalue weighted by atomic mass is 32.2. The second-order valence-electron chi connectivity index (χ2n) is 4.58. The quantitative estimate of drug-likeness (QED) is 0.748. The third-order valence-corrected chi connectivity index (χ3v) is 4.55. The van der Waals surface area contributed by atoms with Crippen LogP contribution in [0.1, 0.15) is 27.2 Å². The number of aliphatic carboxylic acids is 1. The average molecular weight is 316 g/mol. The van der Waals surface area contributed by atoms with E-state index in [1.54, 1.807) is 20.8 Å². The lowest BCUT2D eigenvalue weighted by molar-refractivity contribution is -0.140. The topological polar surface area (TPSA) is 106 Å². The third-order valence-electron chi connectivity index (χ3n) is 3.10. The Kier molecular flexibility index (Phi) is 6.10. The second-order valence-corrected chi connectivity index (χ2v) is 6.26. The summed E-state index contributed by atoms with van der Waals surface area (Å²) in [4.78, 5) is 14.8. The van der Waals surface area contributed by atoms with Crippen LogP contribution in [0.25, 0.3) is 0 Å². The average Bonchev–Trinajstić information content (AvgIpc) is 2.44. The third kappa shape index (κ3) is 4.40. The highest BCUT2D eigenvalue weighted by molar-refractivity contribution is 7.89. The molecule has 0 aromatic carbocycles. The van der Waals surface area contributed by atoms with Gasteiger partial charge in [-0.2, -0.15) is 4.72 Å². The van der Waals surface area contributed by atoms with Gasteiger partial charge in [0.15, 0.2) is 0 Å². The number of nitrogens with one attached hydrogen (secondary N) is 1. The molecule has 1 aromatic rings. The Bertz CT molecular complexity index is 588. The van der Waals surface area contributed by atoms with E-state index in [9.17, 15) is 18.3 Å². The summed E-state index contributed by atoms with van der Waals surface area (Å²) in [5.74, 6) is -1.41. The normalized spacial score (nSPS) is 14.4. The molecule has 0 radical (unpaired) electrons. The summed E-state index contributed by atoms with van der Waals surface area (Å²) in [6.45, 7) is 5.49. The zero-order valence-corrected chi connectivity index (χ0v) is 13.1. The van der Waals surface area contributed by atoms with Gasteiger partial charge in [-0.15, -0.1) is 0 Å². The lowest BCUT2D eigenvalue weighted by atomic mass is 10.0. The van der Waals surface area contributed by atoms with Crippen molar-refractivity contribution in [1.29, 1.82) is 0 Å². The van der Waals surface area contributed by atoms with Crippen LogP contribution in [0.3, 0.4) is 0 Å². The molecule has 0 aliphatic heterocycles. The standard InChI is InChI=1S/C13H20N2O5S/c1-4-9(3)12(13(16)17)15-21(18,19)11-8-14-7-6-10(11)20-5-2/h6-9,12,15H,4-5H2,1-3H3,(H,16,17)/t9-,12-/m0/s1. The van der Waals surface area contributed by atoms with Crippen LogP contribution in [0.4, 0.5) is 0 Å². The monoisotopic (exact) mass is 316 g/mol. The molecule has 21 heavy (non-hydrogen) atoms. The number of hydrogen-bond acceptors (Lipinski definition) is 5. The summed E-state index contributed by atoms with van der Waals surface area (Å²) < 4.78 is 32.2. The minimum Gasteiger partial charge on any atom is -0.492 e. The van der Waals surface area contributed by atoms with E-state index in [2.05, 4.69) is 9.71 Å². The maximum atomic E-state index is 12.4. The molecule has 0 fully saturated rings. The van der Waals surface area contributed by atoms with Crippen LogP contribution in [0.5, 0.6) is 5.75 Å². The fourth-order valence-corrected chi connectivity index (χ4v) is 3.11. The van der Waals surface area contributed by atoms with Crippen LogP contribution in [0.2, 0.25) is 0 Å². The highest BCUT2D eigenvalue weighted by Gasteiger charge is 2.31. The second kappa shape index (κ2) is 7.37. The number of carboxylic acid groups (broad SMARTS) is 1. The first-order valence-corrected chi connectivity index (χ1v) is 8.13. The Morgan fingerprint density at radius 3 is 2.67 bits per heavy atom. The number of sulfonamides is 1. The highest BCUT2D eigenvalue weighted by Crippen LogP contribution is 2.23. The summed E-state index contributed by atoms with van der Waals surface area (Å²) in [7, 11) is -4.03. The molecule has 2 N–H and O–H groups in total. The number of carboxylic acids is 1. The van der Waals surface area contributed by atoms with Crippen LogP contribution in [0, 0.1) is 5.92 Å². The zero-order valence-electron chi connectivity index (χ0n) is 12.2. The summed E-state index contributed by atoms with van der Waals surface area (Å²) >= 11 is 0. The van der Waals surface area contributed by atoms with Gasteiger partial charge >= 0.3 is 5.97 Å². The van der Waals surface area contributed by atoms with Crippen LogP contribution in [0.15, 0.2) is 23.4 Å². The van der Waals surface area contributed by atoms with Gasteiger partial charge < -0.3 is 9.84 Å². The largest absolute Gasteiger partial charge is 0.492 e. The molecule has 1 aromatic heterocycles. The first-order valence-electron chi connectivity index (χ1n) is 6.65. The Morgan fingerprint density at radius 2 is 2.14 bits per heavy atom. The molecule has 0 spiro atoms. The van der Waals surface area contributed by atoms with Gasteiger partial charge in [0.1, 0.15) is 16.7 Å². The zero-order chi connectivity index (χ0) is 16.0. The van der Waals surface area contributed by atoms with Gasteiger partial charge in [-0.05, 0) is 18.9 Å². The van der Waals surface area contributed by atoms with Crippen molar-refractivity contribution in [3.05, 3.63) is 18.5 Å². The van der Waals surface area contributed by atoms with E-state index in [1.165, 1.54) is 12.3 Å². The fraction of sp³-hybridized carbons (Fsp3) is 0.538. The number of pyridine rings is 1. The lowest BCUT2D eigenvalue weighted by Gasteiger charge is -2.20. The Hall–Kier alpha value is -1.67. The smallest absolute Gasteiger partial charge is 0.322 e. The molecule has 0 amide bonds. The summed E-state index contributed by atoms with van der Waals surface area (Å²) in [5, 5.41) is 9.18. The van der Waals surface area contributed by atoms with Crippen molar-refractivity contribution in [2.45, 2.75) is 38.1 Å². The summed E-state index contributed by atoms with van der Waals surface area (Å²) in [6.07, 6.45) is 3.08. The van der Waals surface area contributed by atoms with Gasteiger partial charge in [0.25, 0.3) is 0 Å². The molecule has 1 heterocycles. The van der Waals surface area contributed by atoms with Gasteiger partial charge in [0, 0.05) is 6.20 Å². The molecular weight excluding hydrogens is 296 g/mol. The van der Waals surface area contributed by atoms with Gasteiger partial charge in [-0.25, -0.2) is 8.42 Å². The Balaban J connectivity index is 3.13. The van der Waals surface area contributed by atoms with Crippen molar-refractivity contribution < 1.29 is 23.1 Å². The molecule has 0 aliphatic carbocycles. The van der Waals surface area contributed by atoms with Crippen LogP contribution >= 0.6 is 0 Å². The first-order chi connectivity index (χ1) is 9.83. The molecule has 0 aliphatic rings. The summed E-state index contributed by atoms with van der Waals surface area (Å²) in [5.41, 5.74) is 0. The molecular formula is C13H20N2O5S. The van der Waals surface area contributed by atoms with Crippen molar-refractivity contribution in [3.8, 4) is 5.75 Å². The Morgan fingerprint density at radius 1 is 1.48 bits per heavy atom. The molecule has 0 bridgehead atoms. The van der Waals surface area contributed by atoms with E-state index in [1.807, 2.05) is 0 Å². The number of ether oxygens (including phenoxy) is 1. The van der Waals surface area contributed by atoms with E-state index in [4.69, 9.17) is 4.74 Å². The van der Waals surface area contributed by atoms with E-state index < -0.39 is 22.0 Å². The number of rotatable bonds is 8. The van der Waals surface area contributed by atoms with Gasteiger partial charge in [0.05, 0.1) is 12.8 Å². The molecule has 0 unspecified atom stereocenters. The molecule has 118 valence electrons. The summed E-state index contributed by atoms with van der Waals surface area (Å²) in [6, 6.07) is 0.228. The van der Waals surface area contributed by atoms with E-state index >= 15 is 0 Å². The predicted molar refractivity (Wildman–Crippen MR) is 76.6 cm³/mol. The fourth-order valence-electron chi connectivity index (χ4n) is 1.72. The number of hydrogen-bond donors (Lipinski definition) is 2. The maximum Gasteiger partial charge on any atom is 0.322 e. The maximum absolute atomic E-state index is 12.4. The van der Waals surface area contributed by atoms with Crippen molar-refractivity contribution in [2.75, 3.05) is 6.61 Å². The van der Waals surface area contributed by atoms with Gasteiger partial charge in [0.2, 0.25) is 10.0 Å². The van der Waals surface area contributed by atoms with Gasteiger partial charge in [-0.3, -0.25) is 9.78 Å². The molecule has 0 saturated heterocycles. The number of carbonyl (C=O) groups is 1. The van der Waals surface area contributed by atoms with Crippen molar-refractivity contribution in [1.82, 2.24) is 9.71 Å². The molecule has 2 atom stereocenters. The number of aromatic nitrogens is 1. The molecule has 8 heteroatoms. The minimum absolute atomic E-state index is 0.147.